The number of sulfonamides is 1. The van der Waals surface area contributed by atoms with Gasteiger partial charge in [-0.05, 0) is 31.5 Å². The average molecular weight is 415 g/mol. The zero-order valence-corrected chi connectivity index (χ0v) is 16.5. The lowest BCUT2D eigenvalue weighted by atomic mass is 10.3. The summed E-state index contributed by atoms with van der Waals surface area (Å²) in [4.78, 5) is 18.9. The number of benzene rings is 1. The molecule has 3 rings (SSSR count). The SMILES string of the molecule is CCc1nc(C)c(C(=O)N2CCN(S(=O)(=O)c3ccc(F)c(F)c3)CC2)s1. The Morgan fingerprint density at radius 2 is 1.85 bits per heavy atom. The fourth-order valence-electron chi connectivity index (χ4n) is 2.86. The number of thiazole rings is 1. The van der Waals surface area contributed by atoms with Crippen LogP contribution in [0.2, 0.25) is 0 Å². The third kappa shape index (κ3) is 3.87. The van der Waals surface area contributed by atoms with Crippen LogP contribution in [0.15, 0.2) is 23.1 Å². The van der Waals surface area contributed by atoms with E-state index in [0.717, 1.165) is 23.6 Å². The monoisotopic (exact) mass is 415 g/mol. The van der Waals surface area contributed by atoms with Gasteiger partial charge in [-0.1, -0.05) is 6.92 Å². The van der Waals surface area contributed by atoms with Crippen molar-refractivity contribution >= 4 is 27.3 Å². The Morgan fingerprint density at radius 3 is 2.41 bits per heavy atom. The van der Waals surface area contributed by atoms with Gasteiger partial charge in [0.1, 0.15) is 4.88 Å². The van der Waals surface area contributed by atoms with Gasteiger partial charge in [-0.3, -0.25) is 4.79 Å². The summed E-state index contributed by atoms with van der Waals surface area (Å²) in [5, 5.41) is 0.885. The van der Waals surface area contributed by atoms with Crippen molar-refractivity contribution in [2.24, 2.45) is 0 Å². The molecule has 146 valence electrons. The molecule has 2 aromatic rings. The van der Waals surface area contributed by atoms with Crippen molar-refractivity contribution in [1.82, 2.24) is 14.2 Å². The van der Waals surface area contributed by atoms with E-state index in [0.29, 0.717) is 16.6 Å². The van der Waals surface area contributed by atoms with Crippen LogP contribution in [-0.4, -0.2) is 54.7 Å². The molecular weight excluding hydrogens is 396 g/mol. The molecule has 0 aliphatic carbocycles. The largest absolute Gasteiger partial charge is 0.335 e. The van der Waals surface area contributed by atoms with Gasteiger partial charge < -0.3 is 4.90 Å². The maximum absolute atomic E-state index is 13.4. The highest BCUT2D eigenvalue weighted by Crippen LogP contribution is 2.23. The second-order valence-corrected chi connectivity index (χ2v) is 9.17. The molecule has 1 fully saturated rings. The quantitative estimate of drug-likeness (QED) is 0.769. The smallest absolute Gasteiger partial charge is 0.265 e. The van der Waals surface area contributed by atoms with E-state index in [1.807, 2.05) is 6.92 Å². The Bertz CT molecular complexity index is 968. The van der Waals surface area contributed by atoms with Crippen LogP contribution in [0.25, 0.3) is 0 Å². The molecule has 6 nitrogen and oxygen atoms in total. The fourth-order valence-corrected chi connectivity index (χ4v) is 5.27. The van der Waals surface area contributed by atoms with E-state index in [9.17, 15) is 22.0 Å². The molecule has 1 aromatic heterocycles. The summed E-state index contributed by atoms with van der Waals surface area (Å²) in [6, 6.07) is 2.51. The Balaban J connectivity index is 1.71. The minimum Gasteiger partial charge on any atom is -0.335 e. The van der Waals surface area contributed by atoms with Crippen molar-refractivity contribution in [2.45, 2.75) is 25.2 Å². The number of aromatic nitrogens is 1. The summed E-state index contributed by atoms with van der Waals surface area (Å²) in [6.07, 6.45) is 0.749. The third-order valence-electron chi connectivity index (χ3n) is 4.39. The summed E-state index contributed by atoms with van der Waals surface area (Å²) < 4.78 is 52.9. The van der Waals surface area contributed by atoms with Crippen molar-refractivity contribution < 1.29 is 22.0 Å². The Morgan fingerprint density at radius 1 is 1.19 bits per heavy atom. The first-order chi connectivity index (χ1) is 12.7. The second kappa shape index (κ2) is 7.61. The van der Waals surface area contributed by atoms with Crippen LogP contribution in [0.1, 0.15) is 27.3 Å². The van der Waals surface area contributed by atoms with E-state index in [2.05, 4.69) is 4.98 Å². The van der Waals surface area contributed by atoms with Crippen LogP contribution < -0.4 is 0 Å². The van der Waals surface area contributed by atoms with E-state index in [4.69, 9.17) is 0 Å². The molecule has 0 radical (unpaired) electrons. The summed E-state index contributed by atoms with van der Waals surface area (Å²) in [5.41, 5.74) is 0.679. The Kier molecular flexibility index (Phi) is 5.59. The Labute approximate surface area is 160 Å². The zero-order valence-electron chi connectivity index (χ0n) is 14.9. The van der Waals surface area contributed by atoms with Gasteiger partial charge in [-0.25, -0.2) is 22.2 Å². The van der Waals surface area contributed by atoms with Crippen molar-refractivity contribution in [2.75, 3.05) is 26.2 Å². The molecule has 2 heterocycles. The van der Waals surface area contributed by atoms with Crippen LogP contribution >= 0.6 is 11.3 Å². The molecule has 1 amide bonds. The van der Waals surface area contributed by atoms with E-state index < -0.39 is 21.7 Å². The highest BCUT2D eigenvalue weighted by atomic mass is 32.2. The van der Waals surface area contributed by atoms with Gasteiger partial charge >= 0.3 is 0 Å². The lowest BCUT2D eigenvalue weighted by molar-refractivity contribution is 0.0702. The van der Waals surface area contributed by atoms with Gasteiger partial charge in [0, 0.05) is 26.2 Å². The summed E-state index contributed by atoms with van der Waals surface area (Å²) in [5.74, 6) is -2.47. The predicted molar refractivity (Wildman–Crippen MR) is 97.2 cm³/mol. The maximum atomic E-state index is 13.4. The number of hydrogen-bond acceptors (Lipinski definition) is 5. The van der Waals surface area contributed by atoms with Crippen LogP contribution in [0.3, 0.4) is 0 Å². The van der Waals surface area contributed by atoms with Gasteiger partial charge in [0.2, 0.25) is 10.0 Å². The highest BCUT2D eigenvalue weighted by Gasteiger charge is 2.32. The molecule has 1 aliphatic heterocycles. The first kappa shape index (κ1) is 19.8. The highest BCUT2D eigenvalue weighted by molar-refractivity contribution is 7.89. The van der Waals surface area contributed by atoms with E-state index in [1.165, 1.54) is 15.6 Å². The van der Waals surface area contributed by atoms with Crippen LogP contribution in [0.5, 0.6) is 0 Å². The second-order valence-electron chi connectivity index (χ2n) is 6.15. The molecule has 1 aromatic carbocycles. The predicted octanol–water partition coefficient (Wildman–Crippen LogP) is 2.44. The molecule has 0 saturated carbocycles. The molecule has 0 N–H and O–H groups in total. The van der Waals surface area contributed by atoms with Crippen molar-refractivity contribution in [1.29, 1.82) is 0 Å². The number of aryl methyl sites for hydroxylation is 2. The number of rotatable bonds is 4. The average Bonchev–Trinajstić information content (AvgIpc) is 3.04. The summed E-state index contributed by atoms with van der Waals surface area (Å²) >= 11 is 1.36. The number of carbonyl (C=O) groups excluding carboxylic acids is 1. The van der Waals surface area contributed by atoms with Gasteiger partial charge in [0.15, 0.2) is 11.6 Å². The number of halogens is 2. The third-order valence-corrected chi connectivity index (χ3v) is 7.58. The van der Waals surface area contributed by atoms with E-state index in [-0.39, 0.29) is 37.0 Å². The minimum atomic E-state index is -3.94. The fraction of sp³-hybridized carbons (Fsp3) is 0.412. The molecule has 10 heteroatoms. The topological polar surface area (TPSA) is 70.6 Å². The minimum absolute atomic E-state index is 0.0888. The zero-order chi connectivity index (χ0) is 19.8. The lowest BCUT2D eigenvalue weighted by Crippen LogP contribution is -2.50. The maximum Gasteiger partial charge on any atom is 0.265 e. The molecule has 0 atom stereocenters. The number of carbonyl (C=O) groups is 1. The standard InChI is InChI=1S/C17H19F2N3O3S2/c1-3-15-20-11(2)16(26-15)17(23)21-6-8-22(9-7-21)27(24,25)12-4-5-13(18)14(19)10-12/h4-5,10H,3,6-9H2,1-2H3. The van der Waals surface area contributed by atoms with E-state index >= 15 is 0 Å². The molecular formula is C17H19F2N3O3S2. The Hall–Kier alpha value is -1.91. The van der Waals surface area contributed by atoms with Crippen molar-refractivity contribution in [3.05, 3.63) is 45.4 Å². The van der Waals surface area contributed by atoms with Crippen LogP contribution in [0.4, 0.5) is 8.78 Å². The molecule has 0 spiro atoms. The molecule has 1 saturated heterocycles. The van der Waals surface area contributed by atoms with Crippen LogP contribution in [-0.2, 0) is 16.4 Å². The lowest BCUT2D eigenvalue weighted by Gasteiger charge is -2.33. The summed E-state index contributed by atoms with van der Waals surface area (Å²) in [6.45, 7) is 4.37. The van der Waals surface area contributed by atoms with Gasteiger partial charge in [0.25, 0.3) is 5.91 Å². The van der Waals surface area contributed by atoms with Gasteiger partial charge in [-0.15, -0.1) is 11.3 Å². The first-order valence-electron chi connectivity index (χ1n) is 8.44. The number of hydrogen-bond donors (Lipinski definition) is 0. The molecule has 0 bridgehead atoms. The normalized spacial score (nSPS) is 15.9. The number of amides is 1. The summed E-state index contributed by atoms with van der Waals surface area (Å²) in [7, 11) is -3.94. The van der Waals surface area contributed by atoms with Crippen molar-refractivity contribution in [3.63, 3.8) is 0 Å². The van der Waals surface area contributed by atoms with Gasteiger partial charge in [0.05, 0.1) is 15.6 Å². The van der Waals surface area contributed by atoms with Crippen molar-refractivity contribution in [3.8, 4) is 0 Å². The van der Waals surface area contributed by atoms with Crippen LogP contribution in [0, 0.1) is 18.6 Å². The molecule has 27 heavy (non-hydrogen) atoms. The first-order valence-corrected chi connectivity index (χ1v) is 10.7. The van der Waals surface area contributed by atoms with E-state index in [1.54, 1.807) is 11.8 Å². The molecule has 1 aliphatic rings. The molecule has 0 unspecified atom stereocenters. The number of piperazine rings is 1. The van der Waals surface area contributed by atoms with Gasteiger partial charge in [-0.2, -0.15) is 4.31 Å². The number of nitrogens with zero attached hydrogens (tertiary/aromatic N) is 3.